The van der Waals surface area contributed by atoms with Crippen molar-refractivity contribution >= 4 is 5.91 Å². The molecule has 0 atom stereocenters. The Morgan fingerprint density at radius 2 is 2.08 bits per heavy atom. The molecule has 1 saturated heterocycles. The van der Waals surface area contributed by atoms with E-state index in [2.05, 4.69) is 4.85 Å². The number of carbonyl (C=O) groups is 1. The van der Waals surface area contributed by atoms with Gasteiger partial charge >= 0.3 is 12.1 Å². The Hall–Kier alpha value is -1.51. The summed E-state index contributed by atoms with van der Waals surface area (Å²) in [6.45, 7) is 6.22. The van der Waals surface area contributed by atoms with E-state index in [0.29, 0.717) is 10.5 Å². The average Bonchev–Trinajstić information content (AvgIpc) is 1.92. The fourth-order valence-electron chi connectivity index (χ4n) is 0.940. The van der Waals surface area contributed by atoms with Crippen LogP contribution in [0.5, 0.6) is 0 Å². The molecule has 1 aliphatic rings. The third-order valence-electron chi connectivity index (χ3n) is 1.56. The quantitative estimate of drug-likeness (QED) is 0.526. The third kappa shape index (κ3) is 1.99. The van der Waals surface area contributed by atoms with E-state index in [9.17, 15) is 18.0 Å². The van der Waals surface area contributed by atoms with Crippen LogP contribution in [0.4, 0.5) is 13.2 Å². The van der Waals surface area contributed by atoms with Gasteiger partial charge in [-0.25, -0.2) is 4.85 Å². The van der Waals surface area contributed by atoms with Crippen molar-refractivity contribution in [2.75, 3.05) is 13.1 Å². The fourth-order valence-corrected chi connectivity index (χ4v) is 0.940. The van der Waals surface area contributed by atoms with Gasteiger partial charge in [-0.2, -0.15) is 13.2 Å². The second-order valence-corrected chi connectivity index (χ2v) is 2.58. The first-order valence-corrected chi connectivity index (χ1v) is 3.35. The van der Waals surface area contributed by atoms with E-state index in [1.165, 1.54) is 0 Å². The highest BCUT2D eigenvalue weighted by Gasteiger charge is 2.44. The Labute approximate surface area is 72.3 Å². The molecule has 0 unspecified atom stereocenters. The van der Waals surface area contributed by atoms with Crippen molar-refractivity contribution in [3.8, 4) is 0 Å². The first-order chi connectivity index (χ1) is 5.95. The van der Waals surface area contributed by atoms with Gasteiger partial charge in [-0.1, -0.05) is 0 Å². The zero-order valence-electron chi connectivity index (χ0n) is 6.43. The maximum Gasteiger partial charge on any atom is 0.471 e. The molecule has 70 valence electrons. The predicted molar refractivity (Wildman–Crippen MR) is 37.3 cm³/mol. The number of carbonyl (C=O) groups excluding carboxylic acids is 1. The van der Waals surface area contributed by atoms with Gasteiger partial charge in [0.15, 0.2) is 6.20 Å². The molecule has 0 N–H and O–H groups in total. The van der Waals surface area contributed by atoms with Gasteiger partial charge in [-0.3, -0.25) is 4.79 Å². The average molecular weight is 190 g/mol. The molecule has 1 heterocycles. The molecule has 0 aromatic carbocycles. The first-order valence-electron chi connectivity index (χ1n) is 3.35. The SMILES string of the molecule is [C-]#[N+]C=C1CN(C(=O)C(F)(F)F)C1. The van der Waals surface area contributed by atoms with Crippen molar-refractivity contribution in [3.05, 3.63) is 23.2 Å². The first kappa shape index (κ1) is 9.58. The van der Waals surface area contributed by atoms with E-state index in [-0.39, 0.29) is 13.1 Å². The standard InChI is InChI=1S/C7H5F3N2O/c1-11-2-5-3-12(4-5)6(13)7(8,9)10/h2H,3-4H2. The van der Waals surface area contributed by atoms with Crippen molar-refractivity contribution in [1.82, 2.24) is 4.90 Å². The number of likely N-dealkylation sites (tertiary alicyclic amines) is 1. The molecule has 0 bridgehead atoms. The molecule has 0 saturated carbocycles. The lowest BCUT2D eigenvalue weighted by molar-refractivity contribution is -0.186. The third-order valence-corrected chi connectivity index (χ3v) is 1.56. The molecular formula is C7H5F3N2O. The fraction of sp³-hybridized carbons (Fsp3) is 0.429. The van der Waals surface area contributed by atoms with Crippen molar-refractivity contribution in [2.24, 2.45) is 0 Å². The van der Waals surface area contributed by atoms with Crippen LogP contribution >= 0.6 is 0 Å². The van der Waals surface area contributed by atoms with Crippen molar-refractivity contribution in [1.29, 1.82) is 0 Å². The molecule has 0 aromatic heterocycles. The Bertz CT molecular complexity index is 292. The van der Waals surface area contributed by atoms with Crippen LogP contribution in [-0.4, -0.2) is 30.1 Å². The summed E-state index contributed by atoms with van der Waals surface area (Å²) in [5.41, 5.74) is 0.549. The van der Waals surface area contributed by atoms with Crippen LogP contribution in [0, 0.1) is 6.57 Å². The number of rotatable bonds is 0. The molecule has 0 aliphatic carbocycles. The van der Waals surface area contributed by atoms with E-state index in [0.717, 1.165) is 6.20 Å². The zero-order valence-corrected chi connectivity index (χ0v) is 6.43. The summed E-state index contributed by atoms with van der Waals surface area (Å²) in [7, 11) is 0. The van der Waals surface area contributed by atoms with Crippen LogP contribution in [0.15, 0.2) is 11.8 Å². The summed E-state index contributed by atoms with van der Waals surface area (Å²) >= 11 is 0. The van der Waals surface area contributed by atoms with Crippen LogP contribution in [0.1, 0.15) is 0 Å². The maximum absolute atomic E-state index is 11.8. The van der Waals surface area contributed by atoms with E-state index in [1.807, 2.05) is 0 Å². The van der Waals surface area contributed by atoms with Crippen LogP contribution in [0.3, 0.4) is 0 Å². The molecule has 0 radical (unpaired) electrons. The molecule has 1 amide bonds. The van der Waals surface area contributed by atoms with Crippen LogP contribution in [0.25, 0.3) is 4.85 Å². The van der Waals surface area contributed by atoms with E-state index >= 15 is 0 Å². The highest BCUT2D eigenvalue weighted by molar-refractivity contribution is 5.83. The molecule has 6 heteroatoms. The summed E-state index contributed by atoms with van der Waals surface area (Å²) in [6, 6.07) is 0. The minimum absolute atomic E-state index is 0.0826. The number of hydrogen-bond donors (Lipinski definition) is 0. The van der Waals surface area contributed by atoms with Gasteiger partial charge in [0.05, 0.1) is 6.57 Å². The Morgan fingerprint density at radius 3 is 2.46 bits per heavy atom. The topological polar surface area (TPSA) is 24.7 Å². The lowest BCUT2D eigenvalue weighted by atomic mass is 10.1. The minimum atomic E-state index is -4.80. The molecule has 13 heavy (non-hydrogen) atoms. The Kier molecular flexibility index (Phi) is 2.28. The number of nitrogens with zero attached hydrogens (tertiary/aromatic N) is 2. The summed E-state index contributed by atoms with van der Waals surface area (Å²) < 4.78 is 35.3. The molecule has 1 aliphatic heterocycles. The van der Waals surface area contributed by atoms with Crippen LogP contribution in [0.2, 0.25) is 0 Å². The van der Waals surface area contributed by atoms with Crippen molar-refractivity contribution in [3.63, 3.8) is 0 Å². The Balaban J connectivity index is 2.50. The molecular weight excluding hydrogens is 185 g/mol. The number of halogens is 3. The number of amides is 1. The molecule has 3 nitrogen and oxygen atoms in total. The number of hydrogen-bond acceptors (Lipinski definition) is 1. The number of alkyl halides is 3. The van der Waals surface area contributed by atoms with Gasteiger partial charge in [-0.15, -0.1) is 0 Å². The minimum Gasteiger partial charge on any atom is -0.329 e. The maximum atomic E-state index is 11.8. The van der Waals surface area contributed by atoms with Gasteiger partial charge in [-0.05, 0) is 5.57 Å². The Morgan fingerprint density at radius 1 is 1.54 bits per heavy atom. The van der Waals surface area contributed by atoms with Crippen molar-refractivity contribution < 1.29 is 18.0 Å². The zero-order chi connectivity index (χ0) is 10.1. The van der Waals surface area contributed by atoms with E-state index in [1.54, 1.807) is 0 Å². The van der Waals surface area contributed by atoms with Crippen LogP contribution in [-0.2, 0) is 4.79 Å². The van der Waals surface area contributed by atoms with Gasteiger partial charge in [0, 0.05) is 13.1 Å². The molecule has 1 fully saturated rings. The largest absolute Gasteiger partial charge is 0.471 e. The molecule has 0 aromatic rings. The lowest BCUT2D eigenvalue weighted by Gasteiger charge is -2.34. The second kappa shape index (κ2) is 3.09. The van der Waals surface area contributed by atoms with E-state index in [4.69, 9.17) is 6.57 Å². The summed E-state index contributed by atoms with van der Waals surface area (Å²) in [6.07, 6.45) is -3.66. The normalized spacial score (nSPS) is 16.2. The van der Waals surface area contributed by atoms with Gasteiger partial charge < -0.3 is 4.90 Å². The molecule has 1 rings (SSSR count). The van der Waals surface area contributed by atoms with Gasteiger partial charge in [0.25, 0.3) is 0 Å². The summed E-state index contributed by atoms with van der Waals surface area (Å²) in [4.78, 5) is 14.0. The monoisotopic (exact) mass is 190 g/mol. The molecule has 0 spiro atoms. The smallest absolute Gasteiger partial charge is 0.329 e. The summed E-state index contributed by atoms with van der Waals surface area (Å²) in [5, 5.41) is 0. The lowest BCUT2D eigenvalue weighted by Crippen LogP contribution is -2.50. The van der Waals surface area contributed by atoms with Gasteiger partial charge in [0.2, 0.25) is 0 Å². The second-order valence-electron chi connectivity index (χ2n) is 2.58. The van der Waals surface area contributed by atoms with E-state index < -0.39 is 12.1 Å². The predicted octanol–water partition coefficient (Wildman–Crippen LogP) is 1.19. The highest BCUT2D eigenvalue weighted by Crippen LogP contribution is 2.24. The highest BCUT2D eigenvalue weighted by atomic mass is 19.4. The van der Waals surface area contributed by atoms with Gasteiger partial charge in [0.1, 0.15) is 0 Å². The van der Waals surface area contributed by atoms with Crippen molar-refractivity contribution in [2.45, 2.75) is 6.18 Å². The van der Waals surface area contributed by atoms with Crippen LogP contribution < -0.4 is 0 Å². The summed E-state index contributed by atoms with van der Waals surface area (Å²) in [5.74, 6) is -1.84.